The largest absolute Gasteiger partial charge is 0.454 e. The van der Waals surface area contributed by atoms with Crippen LogP contribution in [0.3, 0.4) is 0 Å². The molecule has 30 heavy (non-hydrogen) atoms. The van der Waals surface area contributed by atoms with Crippen molar-refractivity contribution >= 4 is 28.7 Å². The average Bonchev–Trinajstić information content (AvgIpc) is 3.15. The second-order valence-corrected chi connectivity index (χ2v) is 7.12. The maximum Gasteiger partial charge on any atom is 0.329 e. The zero-order chi connectivity index (χ0) is 21.5. The number of para-hydroxylation sites is 1. The van der Waals surface area contributed by atoms with Gasteiger partial charge in [0.15, 0.2) is 6.61 Å². The van der Waals surface area contributed by atoms with Crippen LogP contribution in [0.2, 0.25) is 0 Å². The Morgan fingerprint density at radius 2 is 1.70 bits per heavy atom. The molecule has 0 fully saturated rings. The molecule has 2 atom stereocenters. The summed E-state index contributed by atoms with van der Waals surface area (Å²) in [5, 5.41) is 6.37. The van der Waals surface area contributed by atoms with Gasteiger partial charge in [-0.3, -0.25) is 9.59 Å². The standard InChI is InChI=1S/C23H25N3O4/c1-15(17-8-4-3-5-9-17)25-22(28)14-30-23(29)21(26-16(2)27)12-18-13-24-20-11-7-6-10-19(18)20/h3-11,13,15,21,24H,12,14H2,1-2H3,(H,25,28)(H,26,27)/t15-,21-/m0/s1. The highest BCUT2D eigenvalue weighted by atomic mass is 16.5. The van der Waals surface area contributed by atoms with Crippen LogP contribution in [0.25, 0.3) is 10.9 Å². The molecule has 0 aliphatic carbocycles. The predicted octanol–water partition coefficient (Wildman–Crippen LogP) is 2.64. The Morgan fingerprint density at radius 1 is 1.00 bits per heavy atom. The predicted molar refractivity (Wildman–Crippen MR) is 114 cm³/mol. The van der Waals surface area contributed by atoms with E-state index < -0.39 is 24.5 Å². The van der Waals surface area contributed by atoms with Gasteiger partial charge in [0.1, 0.15) is 6.04 Å². The Hall–Kier alpha value is -3.61. The number of fused-ring (bicyclic) bond motifs is 1. The molecule has 3 aromatic rings. The minimum atomic E-state index is -0.888. The van der Waals surface area contributed by atoms with Gasteiger partial charge in [-0.05, 0) is 24.1 Å². The molecule has 0 unspecified atom stereocenters. The fourth-order valence-electron chi connectivity index (χ4n) is 3.30. The third-order valence-electron chi connectivity index (χ3n) is 4.78. The first kappa shape index (κ1) is 21.1. The Kier molecular flexibility index (Phi) is 6.85. The molecule has 0 spiro atoms. The molecule has 0 aliphatic rings. The minimum Gasteiger partial charge on any atom is -0.454 e. The summed E-state index contributed by atoms with van der Waals surface area (Å²) in [5.41, 5.74) is 2.77. The third kappa shape index (κ3) is 5.47. The van der Waals surface area contributed by atoms with Gasteiger partial charge < -0.3 is 20.4 Å². The second kappa shape index (κ2) is 9.73. The van der Waals surface area contributed by atoms with Crippen LogP contribution in [0.15, 0.2) is 60.8 Å². The molecule has 2 amide bonds. The van der Waals surface area contributed by atoms with E-state index in [2.05, 4.69) is 15.6 Å². The van der Waals surface area contributed by atoms with Gasteiger partial charge in [-0.15, -0.1) is 0 Å². The van der Waals surface area contributed by atoms with Crippen LogP contribution in [0.1, 0.15) is 31.0 Å². The number of ether oxygens (including phenoxy) is 1. The van der Waals surface area contributed by atoms with Crippen molar-refractivity contribution in [3.05, 3.63) is 71.9 Å². The lowest BCUT2D eigenvalue weighted by molar-refractivity contribution is -0.151. The fraction of sp³-hybridized carbons (Fsp3) is 0.261. The first-order valence-electron chi connectivity index (χ1n) is 9.77. The number of hydrogen-bond donors (Lipinski definition) is 3. The number of esters is 1. The van der Waals surface area contributed by atoms with Crippen molar-refractivity contribution in [3.8, 4) is 0 Å². The van der Waals surface area contributed by atoms with Crippen molar-refractivity contribution in [3.63, 3.8) is 0 Å². The van der Waals surface area contributed by atoms with Crippen molar-refractivity contribution in [2.75, 3.05) is 6.61 Å². The number of rotatable bonds is 8. The van der Waals surface area contributed by atoms with E-state index in [4.69, 9.17) is 4.74 Å². The molecule has 156 valence electrons. The molecule has 2 aromatic carbocycles. The van der Waals surface area contributed by atoms with Crippen LogP contribution in [-0.2, 0) is 25.5 Å². The van der Waals surface area contributed by atoms with Gasteiger partial charge in [0.25, 0.3) is 5.91 Å². The number of amides is 2. The highest BCUT2D eigenvalue weighted by Crippen LogP contribution is 2.19. The van der Waals surface area contributed by atoms with Crippen molar-refractivity contribution in [2.24, 2.45) is 0 Å². The number of aromatic nitrogens is 1. The summed E-state index contributed by atoms with van der Waals surface area (Å²) in [6.45, 7) is 2.77. The Bertz CT molecular complexity index is 1030. The summed E-state index contributed by atoms with van der Waals surface area (Å²) in [4.78, 5) is 39.5. The Labute approximate surface area is 174 Å². The smallest absolute Gasteiger partial charge is 0.329 e. The number of H-pyrrole nitrogens is 1. The second-order valence-electron chi connectivity index (χ2n) is 7.12. The topological polar surface area (TPSA) is 100 Å². The molecule has 0 aliphatic heterocycles. The van der Waals surface area contributed by atoms with E-state index in [0.717, 1.165) is 22.0 Å². The first-order chi connectivity index (χ1) is 14.4. The molecule has 3 rings (SSSR count). The lowest BCUT2D eigenvalue weighted by atomic mass is 10.0. The first-order valence-corrected chi connectivity index (χ1v) is 9.77. The summed E-state index contributed by atoms with van der Waals surface area (Å²) in [6, 6.07) is 16.1. The normalized spacial score (nSPS) is 12.7. The summed E-state index contributed by atoms with van der Waals surface area (Å²) in [6.07, 6.45) is 2.06. The van der Waals surface area contributed by atoms with Gasteiger partial charge in [-0.2, -0.15) is 0 Å². The lowest BCUT2D eigenvalue weighted by Gasteiger charge is -2.18. The number of aromatic amines is 1. The van der Waals surface area contributed by atoms with Crippen molar-refractivity contribution in [1.29, 1.82) is 0 Å². The van der Waals surface area contributed by atoms with Crippen LogP contribution in [0.4, 0.5) is 0 Å². The number of carbonyl (C=O) groups is 3. The van der Waals surface area contributed by atoms with Crippen molar-refractivity contribution in [2.45, 2.75) is 32.4 Å². The van der Waals surface area contributed by atoms with E-state index in [1.54, 1.807) is 6.20 Å². The summed E-state index contributed by atoms with van der Waals surface area (Å²) in [7, 11) is 0. The quantitative estimate of drug-likeness (QED) is 0.500. The SMILES string of the molecule is CC(=O)N[C@@H](Cc1c[nH]c2ccccc12)C(=O)OCC(=O)N[C@@H](C)c1ccccc1. The van der Waals surface area contributed by atoms with Crippen LogP contribution >= 0.6 is 0 Å². The van der Waals surface area contributed by atoms with E-state index in [0.29, 0.717) is 0 Å². The van der Waals surface area contributed by atoms with Crippen LogP contribution in [0.5, 0.6) is 0 Å². The number of benzene rings is 2. The van der Waals surface area contributed by atoms with Gasteiger partial charge in [-0.1, -0.05) is 48.5 Å². The Morgan fingerprint density at radius 3 is 2.43 bits per heavy atom. The molecule has 3 N–H and O–H groups in total. The van der Waals surface area contributed by atoms with E-state index in [9.17, 15) is 14.4 Å². The number of nitrogens with one attached hydrogen (secondary N) is 3. The maximum absolute atomic E-state index is 12.6. The summed E-state index contributed by atoms with van der Waals surface area (Å²) in [5.74, 6) is -1.41. The third-order valence-corrected chi connectivity index (χ3v) is 4.78. The molecule has 0 bridgehead atoms. The van der Waals surface area contributed by atoms with Crippen LogP contribution in [0, 0.1) is 0 Å². The van der Waals surface area contributed by atoms with Crippen molar-refractivity contribution in [1.82, 2.24) is 15.6 Å². The van der Waals surface area contributed by atoms with E-state index >= 15 is 0 Å². The Balaban J connectivity index is 1.60. The molecule has 0 saturated heterocycles. The maximum atomic E-state index is 12.6. The molecular formula is C23H25N3O4. The molecule has 7 nitrogen and oxygen atoms in total. The number of hydrogen-bond acceptors (Lipinski definition) is 4. The highest BCUT2D eigenvalue weighted by molar-refractivity contribution is 5.88. The zero-order valence-electron chi connectivity index (χ0n) is 17.0. The van der Waals surface area contributed by atoms with E-state index in [1.165, 1.54) is 6.92 Å². The van der Waals surface area contributed by atoms with Gasteiger partial charge in [0.05, 0.1) is 6.04 Å². The van der Waals surface area contributed by atoms with Gasteiger partial charge >= 0.3 is 5.97 Å². The molecule has 0 saturated carbocycles. The minimum absolute atomic E-state index is 0.213. The van der Waals surface area contributed by atoms with E-state index in [1.807, 2.05) is 61.5 Å². The highest BCUT2D eigenvalue weighted by Gasteiger charge is 2.24. The van der Waals surface area contributed by atoms with Gasteiger partial charge in [0.2, 0.25) is 5.91 Å². The van der Waals surface area contributed by atoms with E-state index in [-0.39, 0.29) is 18.4 Å². The summed E-state index contributed by atoms with van der Waals surface area (Å²) < 4.78 is 5.19. The van der Waals surface area contributed by atoms with Gasteiger partial charge in [0, 0.05) is 30.4 Å². The fourth-order valence-corrected chi connectivity index (χ4v) is 3.30. The lowest BCUT2D eigenvalue weighted by Crippen LogP contribution is -2.43. The molecular weight excluding hydrogens is 382 g/mol. The van der Waals surface area contributed by atoms with Gasteiger partial charge in [-0.25, -0.2) is 4.79 Å². The molecule has 0 radical (unpaired) electrons. The zero-order valence-corrected chi connectivity index (χ0v) is 17.0. The van der Waals surface area contributed by atoms with Crippen molar-refractivity contribution < 1.29 is 19.1 Å². The molecule has 7 heteroatoms. The number of carbonyl (C=O) groups excluding carboxylic acids is 3. The van der Waals surface area contributed by atoms with Crippen LogP contribution < -0.4 is 10.6 Å². The monoisotopic (exact) mass is 407 g/mol. The molecule has 1 aromatic heterocycles. The molecule has 1 heterocycles. The summed E-state index contributed by atoms with van der Waals surface area (Å²) >= 11 is 0. The van der Waals surface area contributed by atoms with Crippen LogP contribution in [-0.4, -0.2) is 35.4 Å². The average molecular weight is 407 g/mol.